The monoisotopic (exact) mass is 313 g/mol. The molecule has 1 aliphatic rings. The summed E-state index contributed by atoms with van der Waals surface area (Å²) in [6, 6.07) is 6.16. The van der Waals surface area contributed by atoms with E-state index in [1.807, 2.05) is 0 Å². The Morgan fingerprint density at radius 1 is 1.35 bits per heavy atom. The molecule has 0 radical (unpaired) electrons. The van der Waals surface area contributed by atoms with Gasteiger partial charge in [0.15, 0.2) is 0 Å². The summed E-state index contributed by atoms with van der Waals surface area (Å²) in [5.74, 6) is -0.900. The van der Waals surface area contributed by atoms with Crippen LogP contribution in [0.15, 0.2) is 29.2 Å². The molecule has 6 nitrogen and oxygen atoms in total. The van der Waals surface area contributed by atoms with Crippen molar-refractivity contribution in [3.05, 3.63) is 29.8 Å². The van der Waals surface area contributed by atoms with Crippen LogP contribution in [0.3, 0.4) is 0 Å². The van der Waals surface area contributed by atoms with Gasteiger partial charge in [-0.05, 0) is 18.6 Å². The van der Waals surface area contributed by atoms with Crippen molar-refractivity contribution in [1.82, 2.24) is 4.31 Å². The summed E-state index contributed by atoms with van der Waals surface area (Å²) in [6.45, 7) is 0.405. The van der Waals surface area contributed by atoms with Crippen LogP contribution in [0.1, 0.15) is 12.0 Å². The van der Waals surface area contributed by atoms with Crippen molar-refractivity contribution in [1.29, 1.82) is 0 Å². The van der Waals surface area contributed by atoms with Gasteiger partial charge < -0.3 is 11.5 Å². The van der Waals surface area contributed by atoms with Crippen LogP contribution in [-0.2, 0) is 14.8 Å². The summed E-state index contributed by atoms with van der Waals surface area (Å²) in [5, 5.41) is 0. The molecule has 1 aliphatic heterocycles. The van der Waals surface area contributed by atoms with Gasteiger partial charge in [-0.2, -0.15) is 4.31 Å². The standard InChI is InChI=1S/C12H15N3O3S2/c13-11(16)9-4-5-15(7-9)20(17,18)10-3-1-2-8(6-10)12(14)19/h1-3,6,9H,4-5,7H2,(H2,13,16)(H2,14,19). The van der Waals surface area contributed by atoms with Crippen LogP contribution < -0.4 is 11.5 Å². The van der Waals surface area contributed by atoms with Crippen molar-refractivity contribution in [2.24, 2.45) is 17.4 Å². The molecule has 8 heteroatoms. The van der Waals surface area contributed by atoms with Gasteiger partial charge in [0.05, 0.1) is 10.8 Å². The van der Waals surface area contributed by atoms with E-state index in [0.717, 1.165) is 0 Å². The zero-order chi connectivity index (χ0) is 14.9. The minimum Gasteiger partial charge on any atom is -0.389 e. The van der Waals surface area contributed by atoms with E-state index in [1.54, 1.807) is 12.1 Å². The van der Waals surface area contributed by atoms with Crippen LogP contribution in [0.5, 0.6) is 0 Å². The predicted octanol–water partition coefficient (Wildman–Crippen LogP) is -0.183. The molecule has 1 amide bonds. The van der Waals surface area contributed by atoms with Crippen molar-refractivity contribution in [2.45, 2.75) is 11.3 Å². The number of nitrogens with zero attached hydrogens (tertiary/aromatic N) is 1. The number of hydrogen-bond acceptors (Lipinski definition) is 4. The molecule has 0 saturated carbocycles. The Labute approximate surface area is 122 Å². The molecule has 1 fully saturated rings. The molecule has 0 spiro atoms. The average molecular weight is 313 g/mol. The number of hydrogen-bond donors (Lipinski definition) is 2. The summed E-state index contributed by atoms with van der Waals surface area (Å²) in [6.07, 6.45) is 0.448. The molecular weight excluding hydrogens is 298 g/mol. The second kappa shape index (κ2) is 5.47. The third-order valence-electron chi connectivity index (χ3n) is 3.31. The lowest BCUT2D eigenvalue weighted by atomic mass is 10.1. The first-order chi connectivity index (χ1) is 9.32. The Kier molecular flexibility index (Phi) is 4.07. The number of rotatable bonds is 4. The highest BCUT2D eigenvalue weighted by atomic mass is 32.2. The van der Waals surface area contributed by atoms with Gasteiger partial charge in [0.25, 0.3) is 0 Å². The third-order valence-corrected chi connectivity index (χ3v) is 5.41. The number of sulfonamides is 1. The van der Waals surface area contributed by atoms with E-state index in [4.69, 9.17) is 23.7 Å². The molecule has 20 heavy (non-hydrogen) atoms. The highest BCUT2D eigenvalue weighted by Gasteiger charge is 2.34. The quantitative estimate of drug-likeness (QED) is 0.750. The lowest BCUT2D eigenvalue weighted by Crippen LogP contribution is -2.32. The number of nitrogens with two attached hydrogens (primary N) is 2. The molecule has 1 heterocycles. The highest BCUT2D eigenvalue weighted by molar-refractivity contribution is 7.89. The molecule has 0 bridgehead atoms. The first-order valence-electron chi connectivity index (χ1n) is 6.01. The molecule has 108 valence electrons. The van der Waals surface area contributed by atoms with E-state index in [0.29, 0.717) is 12.0 Å². The smallest absolute Gasteiger partial charge is 0.243 e. The van der Waals surface area contributed by atoms with E-state index in [-0.39, 0.29) is 23.0 Å². The van der Waals surface area contributed by atoms with Crippen LogP contribution in [-0.4, -0.2) is 36.7 Å². The lowest BCUT2D eigenvalue weighted by Gasteiger charge is -2.16. The zero-order valence-electron chi connectivity index (χ0n) is 10.7. The number of thiocarbonyl (C=S) groups is 1. The summed E-state index contributed by atoms with van der Waals surface area (Å²) in [7, 11) is -3.65. The van der Waals surface area contributed by atoms with E-state index in [1.165, 1.54) is 16.4 Å². The van der Waals surface area contributed by atoms with Gasteiger partial charge in [0.1, 0.15) is 4.99 Å². The minimum atomic E-state index is -3.65. The van der Waals surface area contributed by atoms with Crippen molar-refractivity contribution in [2.75, 3.05) is 13.1 Å². The molecular formula is C12H15N3O3S2. The Balaban J connectivity index is 2.30. The Hall–Kier alpha value is -1.51. The first kappa shape index (κ1) is 14.9. The summed E-state index contributed by atoms with van der Waals surface area (Å²) in [4.78, 5) is 11.4. The van der Waals surface area contributed by atoms with Gasteiger partial charge in [0, 0.05) is 18.7 Å². The fraction of sp³-hybridized carbons (Fsp3) is 0.333. The fourth-order valence-electron chi connectivity index (χ4n) is 2.14. The number of benzene rings is 1. The number of primary amides is 1. The van der Waals surface area contributed by atoms with Crippen LogP contribution in [0.25, 0.3) is 0 Å². The second-order valence-electron chi connectivity index (χ2n) is 4.64. The van der Waals surface area contributed by atoms with Gasteiger partial charge in [-0.15, -0.1) is 0 Å². The van der Waals surface area contributed by atoms with Crippen LogP contribution in [0.2, 0.25) is 0 Å². The maximum atomic E-state index is 12.5. The topological polar surface area (TPSA) is 106 Å². The Morgan fingerprint density at radius 3 is 2.60 bits per heavy atom. The van der Waals surface area contributed by atoms with Crippen LogP contribution in [0.4, 0.5) is 0 Å². The van der Waals surface area contributed by atoms with Gasteiger partial charge in [-0.25, -0.2) is 8.42 Å². The molecule has 1 saturated heterocycles. The zero-order valence-corrected chi connectivity index (χ0v) is 12.3. The van der Waals surface area contributed by atoms with Crippen LogP contribution in [0, 0.1) is 5.92 Å². The van der Waals surface area contributed by atoms with E-state index < -0.39 is 21.8 Å². The molecule has 1 atom stereocenters. The summed E-state index contributed by atoms with van der Waals surface area (Å²) in [5.41, 5.74) is 11.2. The minimum absolute atomic E-state index is 0.118. The number of carbonyl (C=O) groups excluding carboxylic acids is 1. The maximum Gasteiger partial charge on any atom is 0.243 e. The summed E-state index contributed by atoms with van der Waals surface area (Å²) < 4.78 is 26.2. The molecule has 0 aromatic heterocycles. The van der Waals surface area contributed by atoms with Gasteiger partial charge in [0.2, 0.25) is 15.9 Å². The van der Waals surface area contributed by atoms with E-state index in [2.05, 4.69) is 0 Å². The fourth-order valence-corrected chi connectivity index (χ4v) is 3.81. The Morgan fingerprint density at radius 2 is 2.05 bits per heavy atom. The van der Waals surface area contributed by atoms with Crippen molar-refractivity contribution in [3.8, 4) is 0 Å². The van der Waals surface area contributed by atoms with Gasteiger partial charge in [-0.1, -0.05) is 24.4 Å². The molecule has 1 aromatic rings. The number of carbonyl (C=O) groups is 1. The van der Waals surface area contributed by atoms with E-state index in [9.17, 15) is 13.2 Å². The molecule has 4 N–H and O–H groups in total. The largest absolute Gasteiger partial charge is 0.389 e. The first-order valence-corrected chi connectivity index (χ1v) is 7.86. The third kappa shape index (κ3) is 2.82. The predicted molar refractivity (Wildman–Crippen MR) is 78.4 cm³/mol. The molecule has 1 unspecified atom stereocenters. The average Bonchev–Trinajstić information content (AvgIpc) is 2.89. The van der Waals surface area contributed by atoms with Crippen molar-refractivity contribution < 1.29 is 13.2 Å². The highest BCUT2D eigenvalue weighted by Crippen LogP contribution is 2.24. The van der Waals surface area contributed by atoms with Gasteiger partial charge >= 0.3 is 0 Å². The molecule has 1 aromatic carbocycles. The number of amides is 1. The van der Waals surface area contributed by atoms with Crippen molar-refractivity contribution >= 4 is 33.1 Å². The van der Waals surface area contributed by atoms with Gasteiger partial charge in [-0.3, -0.25) is 4.79 Å². The SMILES string of the molecule is NC(=O)C1CCN(S(=O)(=O)c2cccc(C(N)=S)c2)C1. The molecule has 2 rings (SSSR count). The second-order valence-corrected chi connectivity index (χ2v) is 7.02. The van der Waals surface area contributed by atoms with E-state index >= 15 is 0 Å². The van der Waals surface area contributed by atoms with Crippen molar-refractivity contribution in [3.63, 3.8) is 0 Å². The maximum absolute atomic E-state index is 12.5. The normalized spacial score (nSPS) is 19.9. The summed E-state index contributed by atoms with van der Waals surface area (Å²) >= 11 is 4.84. The van der Waals surface area contributed by atoms with Crippen LogP contribution >= 0.6 is 12.2 Å². The molecule has 0 aliphatic carbocycles. The lowest BCUT2D eigenvalue weighted by molar-refractivity contribution is -0.121. The Bertz CT molecular complexity index is 658.